The van der Waals surface area contributed by atoms with E-state index in [0.717, 1.165) is 0 Å². The quantitative estimate of drug-likeness (QED) is 0.577. The van der Waals surface area contributed by atoms with E-state index < -0.39 is 5.91 Å². The Morgan fingerprint density at radius 1 is 1.35 bits per heavy atom. The third-order valence-corrected chi connectivity index (χ3v) is 3.98. The summed E-state index contributed by atoms with van der Waals surface area (Å²) < 4.78 is 5.48. The van der Waals surface area contributed by atoms with Gasteiger partial charge in [0.05, 0.1) is 28.4 Å². The summed E-state index contributed by atoms with van der Waals surface area (Å²) in [4.78, 5) is 12.0. The Labute approximate surface area is 151 Å². The van der Waals surface area contributed by atoms with Crippen LogP contribution in [0.3, 0.4) is 0 Å². The summed E-state index contributed by atoms with van der Waals surface area (Å²) in [7, 11) is 1.44. The number of nitrogens with zero attached hydrogens (tertiary/aromatic N) is 1. The van der Waals surface area contributed by atoms with Crippen LogP contribution in [-0.2, 0) is 0 Å². The lowest BCUT2D eigenvalue weighted by atomic mass is 10.2. The SMILES string of the molecule is COc1cc(/C=N/NC(=O)c2ccc(Cl)cc2Cl)cc(Br)c1O. The van der Waals surface area contributed by atoms with Crippen LogP contribution < -0.4 is 10.2 Å². The van der Waals surface area contributed by atoms with Gasteiger partial charge in [-0.05, 0) is 51.8 Å². The van der Waals surface area contributed by atoms with Crippen molar-refractivity contribution in [1.29, 1.82) is 0 Å². The first-order chi connectivity index (χ1) is 10.9. The molecule has 0 atom stereocenters. The molecule has 0 spiro atoms. The molecule has 2 aromatic rings. The van der Waals surface area contributed by atoms with Gasteiger partial charge < -0.3 is 9.84 Å². The van der Waals surface area contributed by atoms with Crippen molar-refractivity contribution in [1.82, 2.24) is 5.43 Å². The van der Waals surface area contributed by atoms with Crippen molar-refractivity contribution < 1.29 is 14.6 Å². The van der Waals surface area contributed by atoms with E-state index in [0.29, 0.717) is 15.1 Å². The molecular formula is C15H11BrCl2N2O3. The molecule has 120 valence electrons. The zero-order valence-corrected chi connectivity index (χ0v) is 14.9. The third-order valence-electron chi connectivity index (χ3n) is 2.83. The fourth-order valence-corrected chi connectivity index (χ4v) is 2.68. The molecule has 8 heteroatoms. The predicted octanol–water partition coefficient (Wildman–Crippen LogP) is 4.23. The normalized spacial score (nSPS) is 10.8. The highest BCUT2D eigenvalue weighted by Crippen LogP contribution is 2.34. The van der Waals surface area contributed by atoms with Gasteiger partial charge in [0.25, 0.3) is 5.91 Å². The first-order valence-electron chi connectivity index (χ1n) is 6.27. The van der Waals surface area contributed by atoms with Crippen molar-refractivity contribution in [3.05, 3.63) is 56.0 Å². The minimum Gasteiger partial charge on any atom is -0.503 e. The van der Waals surface area contributed by atoms with Crippen LogP contribution in [0.2, 0.25) is 10.0 Å². The molecule has 0 unspecified atom stereocenters. The lowest BCUT2D eigenvalue weighted by Gasteiger charge is -2.06. The number of rotatable bonds is 4. The van der Waals surface area contributed by atoms with Crippen molar-refractivity contribution >= 4 is 51.3 Å². The van der Waals surface area contributed by atoms with Gasteiger partial charge in [-0.1, -0.05) is 23.2 Å². The number of methoxy groups -OCH3 is 1. The number of hydrazone groups is 1. The van der Waals surface area contributed by atoms with E-state index in [-0.39, 0.29) is 22.1 Å². The Balaban J connectivity index is 2.12. The standard InChI is InChI=1S/C15H11BrCl2N2O3/c1-23-13-5-8(4-11(16)14(13)21)7-19-20-15(22)10-3-2-9(17)6-12(10)18/h2-7,21H,1H3,(H,20,22)/b19-7+. The molecule has 0 aliphatic rings. The van der Waals surface area contributed by atoms with Gasteiger partial charge in [0.2, 0.25) is 0 Å². The maximum atomic E-state index is 12.0. The fourth-order valence-electron chi connectivity index (χ4n) is 1.72. The van der Waals surface area contributed by atoms with Gasteiger partial charge in [-0.25, -0.2) is 5.43 Å². The molecule has 2 N–H and O–H groups in total. The molecular weight excluding hydrogens is 407 g/mol. The zero-order chi connectivity index (χ0) is 17.0. The van der Waals surface area contributed by atoms with Crippen LogP contribution in [0, 0.1) is 0 Å². The Bertz CT molecular complexity index is 782. The zero-order valence-electron chi connectivity index (χ0n) is 11.8. The van der Waals surface area contributed by atoms with Gasteiger partial charge in [0.15, 0.2) is 11.5 Å². The smallest absolute Gasteiger partial charge is 0.272 e. The van der Waals surface area contributed by atoms with E-state index in [4.69, 9.17) is 27.9 Å². The van der Waals surface area contributed by atoms with Gasteiger partial charge in [-0.3, -0.25) is 4.79 Å². The van der Waals surface area contributed by atoms with E-state index in [1.54, 1.807) is 18.2 Å². The molecule has 0 radical (unpaired) electrons. The van der Waals surface area contributed by atoms with Crippen LogP contribution >= 0.6 is 39.1 Å². The van der Waals surface area contributed by atoms with Crippen molar-refractivity contribution in [3.8, 4) is 11.5 Å². The second kappa shape index (κ2) is 7.68. The highest BCUT2D eigenvalue weighted by molar-refractivity contribution is 9.10. The van der Waals surface area contributed by atoms with Crippen molar-refractivity contribution in [3.63, 3.8) is 0 Å². The number of phenolic OH excluding ortho intramolecular Hbond substituents is 1. The second-order valence-electron chi connectivity index (χ2n) is 4.38. The topological polar surface area (TPSA) is 70.9 Å². The van der Waals surface area contributed by atoms with E-state index in [1.807, 2.05) is 0 Å². The first-order valence-corrected chi connectivity index (χ1v) is 7.82. The summed E-state index contributed by atoms with van der Waals surface area (Å²) >= 11 is 14.9. The molecule has 2 aromatic carbocycles. The molecule has 2 rings (SSSR count). The molecule has 0 heterocycles. The molecule has 0 bridgehead atoms. The molecule has 0 saturated heterocycles. The molecule has 0 aromatic heterocycles. The maximum absolute atomic E-state index is 12.0. The van der Waals surface area contributed by atoms with Gasteiger partial charge in [-0.2, -0.15) is 5.10 Å². The van der Waals surface area contributed by atoms with E-state index >= 15 is 0 Å². The maximum Gasteiger partial charge on any atom is 0.272 e. The average molecular weight is 418 g/mol. The highest BCUT2D eigenvalue weighted by Gasteiger charge is 2.10. The Morgan fingerprint density at radius 3 is 2.74 bits per heavy atom. The number of amides is 1. The molecule has 0 fully saturated rings. The minimum absolute atomic E-state index is 0.0124. The summed E-state index contributed by atoms with van der Waals surface area (Å²) in [6.45, 7) is 0. The predicted molar refractivity (Wildman–Crippen MR) is 93.9 cm³/mol. The van der Waals surface area contributed by atoms with Gasteiger partial charge in [0.1, 0.15) is 0 Å². The van der Waals surface area contributed by atoms with Crippen LogP contribution in [0.25, 0.3) is 0 Å². The molecule has 23 heavy (non-hydrogen) atoms. The fraction of sp³-hybridized carbons (Fsp3) is 0.0667. The number of carbonyl (C=O) groups excluding carboxylic acids is 1. The van der Waals surface area contributed by atoms with Gasteiger partial charge >= 0.3 is 0 Å². The minimum atomic E-state index is -0.465. The number of ether oxygens (including phenoxy) is 1. The summed E-state index contributed by atoms with van der Waals surface area (Å²) in [6, 6.07) is 7.75. The van der Waals surface area contributed by atoms with Crippen LogP contribution in [0.1, 0.15) is 15.9 Å². The number of halogens is 3. The number of hydrogen-bond donors (Lipinski definition) is 2. The number of carbonyl (C=O) groups is 1. The summed E-state index contributed by atoms with van der Waals surface area (Å²) in [6.07, 6.45) is 1.41. The highest BCUT2D eigenvalue weighted by atomic mass is 79.9. The molecule has 1 amide bonds. The third kappa shape index (κ3) is 4.37. The second-order valence-corrected chi connectivity index (χ2v) is 6.07. The lowest BCUT2D eigenvalue weighted by molar-refractivity contribution is 0.0955. The number of hydrogen-bond acceptors (Lipinski definition) is 4. The Kier molecular flexibility index (Phi) is 5.87. The first kappa shape index (κ1) is 17.6. The van der Waals surface area contributed by atoms with Crippen molar-refractivity contribution in [2.45, 2.75) is 0 Å². The van der Waals surface area contributed by atoms with Crippen LogP contribution in [-0.4, -0.2) is 24.3 Å². The summed E-state index contributed by atoms with van der Waals surface area (Å²) in [5.41, 5.74) is 3.24. The summed E-state index contributed by atoms with van der Waals surface area (Å²) in [5.74, 6) is -0.192. The van der Waals surface area contributed by atoms with Gasteiger partial charge in [-0.15, -0.1) is 0 Å². The van der Waals surface area contributed by atoms with Gasteiger partial charge in [0, 0.05) is 5.02 Å². The number of aromatic hydroxyl groups is 1. The van der Waals surface area contributed by atoms with E-state index in [9.17, 15) is 9.90 Å². The molecule has 5 nitrogen and oxygen atoms in total. The molecule has 0 aliphatic carbocycles. The summed E-state index contributed by atoms with van der Waals surface area (Å²) in [5, 5.41) is 14.3. The number of benzene rings is 2. The molecule has 0 saturated carbocycles. The monoisotopic (exact) mass is 416 g/mol. The number of phenols is 1. The van der Waals surface area contributed by atoms with Crippen LogP contribution in [0.4, 0.5) is 0 Å². The average Bonchev–Trinajstić information content (AvgIpc) is 2.50. The Morgan fingerprint density at radius 2 is 2.09 bits per heavy atom. The Hall–Kier alpha value is -1.76. The largest absolute Gasteiger partial charge is 0.503 e. The van der Waals surface area contributed by atoms with E-state index in [1.165, 1.54) is 25.5 Å². The van der Waals surface area contributed by atoms with E-state index in [2.05, 4.69) is 26.5 Å². The van der Waals surface area contributed by atoms with Crippen LogP contribution in [0.5, 0.6) is 11.5 Å². The van der Waals surface area contributed by atoms with Crippen molar-refractivity contribution in [2.75, 3.05) is 7.11 Å². The van der Waals surface area contributed by atoms with Crippen LogP contribution in [0.15, 0.2) is 39.9 Å². The van der Waals surface area contributed by atoms with Crippen molar-refractivity contribution in [2.24, 2.45) is 5.10 Å². The number of nitrogens with one attached hydrogen (secondary N) is 1. The lowest BCUT2D eigenvalue weighted by Crippen LogP contribution is -2.18. The molecule has 0 aliphatic heterocycles.